The van der Waals surface area contributed by atoms with E-state index in [-0.39, 0.29) is 29.1 Å². The van der Waals surface area contributed by atoms with Crippen molar-refractivity contribution in [3.8, 4) is 0 Å². The molecule has 0 heterocycles. The zero-order chi connectivity index (χ0) is 21.9. The molecule has 7 nitrogen and oxygen atoms in total. The second kappa shape index (κ2) is 7.02. The Morgan fingerprint density at radius 1 is 1.20 bits per heavy atom. The van der Waals surface area contributed by atoms with Gasteiger partial charge in [0.15, 0.2) is 0 Å². The van der Waals surface area contributed by atoms with Gasteiger partial charge in [-0.2, -0.15) is 4.72 Å². The minimum atomic E-state index is -4.21. The fourth-order valence-electron chi connectivity index (χ4n) is 6.02. The largest absolute Gasteiger partial charge is 0.387 e. The van der Waals surface area contributed by atoms with Crippen LogP contribution in [0.5, 0.6) is 0 Å². The lowest BCUT2D eigenvalue weighted by molar-refractivity contribution is -0.130. The van der Waals surface area contributed by atoms with Crippen molar-refractivity contribution in [2.24, 2.45) is 28.9 Å². The highest BCUT2D eigenvalue weighted by molar-refractivity contribution is 7.89. The quantitative estimate of drug-likeness (QED) is 0.403. The van der Waals surface area contributed by atoms with Gasteiger partial charge in [-0.15, -0.1) is 0 Å². The Labute approximate surface area is 176 Å². The van der Waals surface area contributed by atoms with Crippen LogP contribution in [0.4, 0.5) is 4.39 Å². The fourth-order valence-corrected chi connectivity index (χ4v) is 7.48. The Morgan fingerprint density at radius 2 is 1.80 bits per heavy atom. The van der Waals surface area contributed by atoms with E-state index < -0.39 is 32.2 Å². The predicted octanol–water partition coefficient (Wildman–Crippen LogP) is 2.13. The van der Waals surface area contributed by atoms with Crippen molar-refractivity contribution in [1.82, 2.24) is 10.0 Å². The SMILES string of the molecule is CC(C)(NS(=O)(=O)c1ccccc1F)C(=O)NC1C2CC3CC1CC(C(=N)N)(C3)C2. The maximum absolute atomic E-state index is 14.0. The van der Waals surface area contributed by atoms with E-state index in [0.29, 0.717) is 5.92 Å². The zero-order valence-electron chi connectivity index (χ0n) is 17.2. The number of hydrogen-bond acceptors (Lipinski definition) is 4. The van der Waals surface area contributed by atoms with Gasteiger partial charge < -0.3 is 11.1 Å². The standard InChI is InChI=1S/C21H29FN4O3S/c1-20(2,26-30(28,29)16-6-4-3-5-15(16)22)19(27)25-17-13-7-12-8-14(17)11-21(9-12,10-13)18(23)24/h3-6,12-14,17,26H,7-11H2,1-2H3,(H3,23,24)(H,25,27). The van der Waals surface area contributed by atoms with E-state index in [1.807, 2.05) is 0 Å². The number of nitrogens with one attached hydrogen (secondary N) is 3. The van der Waals surface area contributed by atoms with Gasteiger partial charge in [0, 0.05) is 11.5 Å². The maximum atomic E-state index is 14.0. The van der Waals surface area contributed by atoms with Crippen molar-refractivity contribution in [3.05, 3.63) is 30.1 Å². The summed E-state index contributed by atoms with van der Waals surface area (Å²) in [7, 11) is -4.21. The second-order valence-corrected chi connectivity index (χ2v) is 11.5. The molecule has 0 saturated heterocycles. The van der Waals surface area contributed by atoms with E-state index in [0.717, 1.165) is 38.2 Å². The topological polar surface area (TPSA) is 125 Å². The number of nitrogens with two attached hydrogens (primary N) is 1. The van der Waals surface area contributed by atoms with E-state index in [9.17, 15) is 17.6 Å². The smallest absolute Gasteiger partial charge is 0.244 e. The number of carbonyl (C=O) groups excluding carboxylic acids is 1. The van der Waals surface area contributed by atoms with E-state index in [1.165, 1.54) is 32.0 Å². The van der Waals surface area contributed by atoms with Gasteiger partial charge in [0.1, 0.15) is 16.3 Å². The number of halogens is 1. The number of sulfonamides is 1. The van der Waals surface area contributed by atoms with Crippen molar-refractivity contribution in [2.75, 3.05) is 0 Å². The van der Waals surface area contributed by atoms with E-state index in [2.05, 4.69) is 10.0 Å². The Bertz CT molecular complexity index is 978. The molecule has 0 radical (unpaired) electrons. The Balaban J connectivity index is 1.49. The second-order valence-electron chi connectivity index (χ2n) is 9.82. The summed E-state index contributed by atoms with van der Waals surface area (Å²) in [5.41, 5.74) is 4.25. The number of hydrogen-bond donors (Lipinski definition) is 4. The van der Waals surface area contributed by atoms with Gasteiger partial charge in [-0.3, -0.25) is 10.2 Å². The van der Waals surface area contributed by atoms with Crippen LogP contribution < -0.4 is 15.8 Å². The molecule has 0 aliphatic heterocycles. The molecule has 30 heavy (non-hydrogen) atoms. The first kappa shape index (κ1) is 21.2. The summed E-state index contributed by atoms with van der Waals surface area (Å²) in [6, 6.07) is 5.03. The molecular formula is C21H29FN4O3S. The minimum Gasteiger partial charge on any atom is -0.387 e. The van der Waals surface area contributed by atoms with Crippen LogP contribution >= 0.6 is 0 Å². The Kier molecular flexibility index (Phi) is 4.97. The molecule has 1 amide bonds. The van der Waals surface area contributed by atoms with Crippen LogP contribution in [0.2, 0.25) is 0 Å². The molecule has 5 rings (SSSR count). The first-order valence-corrected chi connectivity index (χ1v) is 11.9. The molecular weight excluding hydrogens is 407 g/mol. The molecule has 0 spiro atoms. The van der Waals surface area contributed by atoms with Gasteiger partial charge in [-0.25, -0.2) is 12.8 Å². The summed E-state index contributed by atoms with van der Waals surface area (Å²) < 4.78 is 41.7. The van der Waals surface area contributed by atoms with Gasteiger partial charge in [0.05, 0.1) is 5.84 Å². The number of carbonyl (C=O) groups is 1. The molecule has 1 aromatic carbocycles. The fraction of sp³-hybridized carbons (Fsp3) is 0.619. The van der Waals surface area contributed by atoms with Crippen LogP contribution in [0.3, 0.4) is 0 Å². The molecule has 164 valence electrons. The molecule has 4 aliphatic rings. The maximum Gasteiger partial charge on any atom is 0.244 e. The highest BCUT2D eigenvalue weighted by Crippen LogP contribution is 2.60. The molecule has 9 heteroatoms. The highest BCUT2D eigenvalue weighted by atomic mass is 32.2. The van der Waals surface area contributed by atoms with Crippen LogP contribution in [-0.2, 0) is 14.8 Å². The van der Waals surface area contributed by atoms with Gasteiger partial charge in [-0.05, 0) is 75.8 Å². The van der Waals surface area contributed by atoms with E-state index >= 15 is 0 Å². The normalized spacial score (nSPS) is 32.8. The van der Waals surface area contributed by atoms with Gasteiger partial charge in [-0.1, -0.05) is 12.1 Å². The lowest BCUT2D eigenvalue weighted by atomic mass is 9.47. The predicted molar refractivity (Wildman–Crippen MR) is 111 cm³/mol. The summed E-state index contributed by atoms with van der Waals surface area (Å²) >= 11 is 0. The number of benzene rings is 1. The van der Waals surface area contributed by atoms with Crippen LogP contribution in [0.25, 0.3) is 0 Å². The van der Waals surface area contributed by atoms with Gasteiger partial charge in [0.25, 0.3) is 0 Å². The van der Waals surface area contributed by atoms with Crippen molar-refractivity contribution < 1.29 is 17.6 Å². The van der Waals surface area contributed by atoms with Crippen LogP contribution in [0, 0.1) is 34.4 Å². The Morgan fingerprint density at radius 3 is 2.37 bits per heavy atom. The summed E-state index contributed by atoms with van der Waals surface area (Å²) in [5, 5.41) is 11.1. The first-order chi connectivity index (χ1) is 13.9. The molecule has 0 aromatic heterocycles. The van der Waals surface area contributed by atoms with Crippen molar-refractivity contribution in [3.63, 3.8) is 0 Å². The molecule has 1 aromatic rings. The molecule has 4 aliphatic carbocycles. The Hall–Kier alpha value is -2.00. The van der Waals surface area contributed by atoms with Crippen LogP contribution in [0.15, 0.2) is 29.2 Å². The first-order valence-electron chi connectivity index (χ1n) is 10.4. The molecule has 2 unspecified atom stereocenters. The van der Waals surface area contributed by atoms with Crippen molar-refractivity contribution >= 4 is 21.8 Å². The average molecular weight is 437 g/mol. The van der Waals surface area contributed by atoms with Crippen LogP contribution in [-0.4, -0.2) is 31.7 Å². The molecule has 4 saturated carbocycles. The number of rotatable bonds is 6. The highest BCUT2D eigenvalue weighted by Gasteiger charge is 2.57. The zero-order valence-corrected chi connectivity index (χ0v) is 18.1. The summed E-state index contributed by atoms with van der Waals surface area (Å²) in [5.74, 6) is -0.0311. The summed E-state index contributed by atoms with van der Waals surface area (Å²) in [4.78, 5) is 12.6. The third kappa shape index (κ3) is 3.51. The molecule has 4 bridgehead atoms. The lowest BCUT2D eigenvalue weighted by Crippen LogP contribution is -2.65. The van der Waals surface area contributed by atoms with E-state index in [4.69, 9.17) is 11.1 Å². The number of amides is 1. The van der Waals surface area contributed by atoms with Gasteiger partial charge >= 0.3 is 0 Å². The monoisotopic (exact) mass is 436 g/mol. The molecule has 5 N–H and O–H groups in total. The van der Waals surface area contributed by atoms with E-state index in [1.54, 1.807) is 0 Å². The summed E-state index contributed by atoms with van der Waals surface area (Å²) in [6.45, 7) is 2.96. The number of amidine groups is 1. The third-order valence-electron chi connectivity index (χ3n) is 7.23. The van der Waals surface area contributed by atoms with Crippen molar-refractivity contribution in [1.29, 1.82) is 5.41 Å². The van der Waals surface area contributed by atoms with Crippen LogP contribution in [0.1, 0.15) is 46.0 Å². The molecule has 4 fully saturated rings. The minimum absolute atomic E-state index is 0.0567. The van der Waals surface area contributed by atoms with Gasteiger partial charge in [0.2, 0.25) is 15.9 Å². The molecule has 2 atom stereocenters. The summed E-state index contributed by atoms with van der Waals surface area (Å²) in [6.07, 6.45) is 4.54. The lowest BCUT2D eigenvalue weighted by Gasteiger charge is -2.59. The third-order valence-corrected chi connectivity index (χ3v) is 8.91. The average Bonchev–Trinajstić information content (AvgIpc) is 2.63. The van der Waals surface area contributed by atoms with Crippen molar-refractivity contribution in [2.45, 2.75) is 62.4 Å².